The van der Waals surface area contributed by atoms with Gasteiger partial charge in [0.15, 0.2) is 11.6 Å². The van der Waals surface area contributed by atoms with Crippen LogP contribution in [0.4, 0.5) is 0 Å². The van der Waals surface area contributed by atoms with Crippen molar-refractivity contribution >= 4 is 29.1 Å². The van der Waals surface area contributed by atoms with Gasteiger partial charge in [-0.05, 0) is 30.3 Å². The van der Waals surface area contributed by atoms with E-state index >= 15 is 0 Å². The summed E-state index contributed by atoms with van der Waals surface area (Å²) in [7, 11) is 1.51. The number of hydrogen-bond acceptors (Lipinski definition) is 6. The van der Waals surface area contributed by atoms with Gasteiger partial charge in [-0.3, -0.25) is 4.79 Å². The second-order valence-corrected chi connectivity index (χ2v) is 6.56. The zero-order valence-electron chi connectivity index (χ0n) is 14.6. The van der Waals surface area contributed by atoms with Crippen molar-refractivity contribution in [3.63, 3.8) is 0 Å². The maximum Gasteiger partial charge on any atom is 0.252 e. The van der Waals surface area contributed by atoms with E-state index in [1.54, 1.807) is 18.2 Å². The number of halogens is 2. The zero-order chi connectivity index (χ0) is 20.1. The fourth-order valence-electron chi connectivity index (χ4n) is 2.52. The Bertz CT molecular complexity index is 1010. The second-order valence-electron chi connectivity index (χ2n) is 5.69. The highest BCUT2D eigenvalue weighted by Gasteiger charge is 2.22. The van der Waals surface area contributed by atoms with E-state index in [4.69, 9.17) is 33.2 Å². The molecule has 0 spiro atoms. The summed E-state index contributed by atoms with van der Waals surface area (Å²) in [6.45, 7) is 0.148. The van der Waals surface area contributed by atoms with Crippen LogP contribution in [0.1, 0.15) is 27.8 Å². The molecular weight excluding hydrogens is 403 g/mol. The van der Waals surface area contributed by atoms with Crippen LogP contribution < -0.4 is 5.32 Å². The average Bonchev–Trinajstić information content (AvgIpc) is 3.16. The fourth-order valence-corrected chi connectivity index (χ4v) is 3.04. The first kappa shape index (κ1) is 19.8. The van der Waals surface area contributed by atoms with Gasteiger partial charge in [-0.15, -0.1) is 0 Å². The number of carbonyl (C=O) groups is 1. The third kappa shape index (κ3) is 4.46. The maximum absolute atomic E-state index is 12.7. The van der Waals surface area contributed by atoms with Gasteiger partial charge in [0.05, 0.1) is 12.2 Å². The zero-order valence-corrected chi connectivity index (χ0v) is 16.1. The van der Waals surface area contributed by atoms with Crippen LogP contribution in [0.5, 0.6) is 0 Å². The third-order valence-electron chi connectivity index (χ3n) is 3.74. The molecule has 1 atom stereocenters. The van der Waals surface area contributed by atoms with Crippen molar-refractivity contribution in [1.29, 1.82) is 5.26 Å². The lowest BCUT2D eigenvalue weighted by Crippen LogP contribution is -2.33. The molecule has 10 heteroatoms. The van der Waals surface area contributed by atoms with E-state index in [2.05, 4.69) is 20.4 Å². The average molecular weight is 417 g/mol. The molecule has 2 heterocycles. The number of carbonyl (C=O) groups excluding carboxylic acids is 1. The predicted octanol–water partition coefficient (Wildman–Crippen LogP) is 2.96. The molecule has 142 valence electrons. The van der Waals surface area contributed by atoms with Crippen molar-refractivity contribution in [3.8, 4) is 11.9 Å². The van der Waals surface area contributed by atoms with Crippen LogP contribution >= 0.6 is 23.2 Å². The van der Waals surface area contributed by atoms with Gasteiger partial charge in [-0.25, -0.2) is 9.97 Å². The summed E-state index contributed by atoms with van der Waals surface area (Å²) in [5.41, 5.74) is 0.728. The van der Waals surface area contributed by atoms with Crippen LogP contribution in [-0.2, 0) is 4.74 Å². The molecule has 0 aliphatic rings. The number of pyridine rings is 1. The minimum absolute atomic E-state index is 0.148. The Morgan fingerprint density at radius 3 is 2.64 bits per heavy atom. The number of rotatable bonds is 6. The number of nitrogens with one attached hydrogen (secondary N) is 1. The minimum atomic E-state index is -0.616. The molecule has 1 aromatic carbocycles. The Balaban J connectivity index is 1.89. The van der Waals surface area contributed by atoms with Crippen molar-refractivity contribution in [2.75, 3.05) is 13.7 Å². The number of amides is 1. The topological polar surface area (TPSA) is 106 Å². The first-order chi connectivity index (χ1) is 13.5. The molecule has 3 rings (SSSR count). The van der Waals surface area contributed by atoms with Crippen LogP contribution in [0.2, 0.25) is 10.0 Å². The van der Waals surface area contributed by atoms with E-state index in [1.165, 1.54) is 36.4 Å². The molecule has 0 unspecified atom stereocenters. The summed E-state index contributed by atoms with van der Waals surface area (Å²) in [4.78, 5) is 21.1. The highest BCUT2D eigenvalue weighted by atomic mass is 35.5. The summed E-state index contributed by atoms with van der Waals surface area (Å²) < 4.78 is 6.70. The highest BCUT2D eigenvalue weighted by Crippen LogP contribution is 2.20. The Kier molecular flexibility index (Phi) is 6.21. The number of benzene rings is 1. The summed E-state index contributed by atoms with van der Waals surface area (Å²) >= 11 is 11.9. The summed E-state index contributed by atoms with van der Waals surface area (Å²) in [6.07, 6.45) is 2.78. The van der Waals surface area contributed by atoms with Gasteiger partial charge < -0.3 is 10.1 Å². The maximum atomic E-state index is 12.7. The van der Waals surface area contributed by atoms with Gasteiger partial charge in [0.1, 0.15) is 18.4 Å². The van der Waals surface area contributed by atoms with E-state index in [-0.39, 0.29) is 6.61 Å². The standard InChI is InChI=1S/C18H14Cl2N6O2/c1-28-9-15(25-18(27)12-4-13(19)6-14(20)5-12)17-23-10-24-26(17)16-3-2-11(7-21)8-22-16/h2-6,8,10,15H,9H2,1H3,(H,25,27)/t15-/m0/s1. The molecule has 0 saturated heterocycles. The molecule has 8 nitrogen and oxygen atoms in total. The van der Waals surface area contributed by atoms with Crippen LogP contribution in [0.15, 0.2) is 42.9 Å². The molecule has 0 saturated carbocycles. The van der Waals surface area contributed by atoms with E-state index < -0.39 is 11.9 Å². The van der Waals surface area contributed by atoms with Crippen LogP contribution in [-0.4, -0.2) is 39.4 Å². The summed E-state index contributed by atoms with van der Waals surface area (Å²) in [5, 5.41) is 16.6. The smallest absolute Gasteiger partial charge is 0.252 e. The summed E-state index contributed by atoms with van der Waals surface area (Å²) in [5.74, 6) is 0.474. The normalized spacial score (nSPS) is 11.6. The van der Waals surface area contributed by atoms with Crippen LogP contribution in [0, 0.1) is 11.3 Å². The SMILES string of the molecule is COC[C@H](NC(=O)c1cc(Cl)cc(Cl)c1)c1ncnn1-c1ccc(C#N)cn1. The van der Waals surface area contributed by atoms with Crippen molar-refractivity contribution in [1.82, 2.24) is 25.1 Å². The van der Waals surface area contributed by atoms with Gasteiger partial charge in [0, 0.05) is 28.9 Å². The molecule has 0 bridgehead atoms. The number of ether oxygens (including phenoxy) is 1. The number of aromatic nitrogens is 4. The molecule has 1 amide bonds. The highest BCUT2D eigenvalue weighted by molar-refractivity contribution is 6.35. The van der Waals surface area contributed by atoms with Gasteiger partial charge in [-0.2, -0.15) is 15.0 Å². The lowest BCUT2D eigenvalue weighted by atomic mass is 10.2. The largest absolute Gasteiger partial charge is 0.382 e. The number of methoxy groups -OCH3 is 1. The van der Waals surface area contributed by atoms with Crippen LogP contribution in [0.3, 0.4) is 0 Å². The summed E-state index contributed by atoms with van der Waals surface area (Å²) in [6, 6.07) is 9.21. The Labute approximate surface area is 170 Å². The van der Waals surface area contributed by atoms with Crippen molar-refractivity contribution in [2.45, 2.75) is 6.04 Å². The Morgan fingerprint density at radius 1 is 1.29 bits per heavy atom. The predicted molar refractivity (Wildman–Crippen MR) is 102 cm³/mol. The lowest BCUT2D eigenvalue weighted by Gasteiger charge is -2.18. The quantitative estimate of drug-likeness (QED) is 0.661. The molecule has 28 heavy (non-hydrogen) atoms. The molecule has 2 aromatic heterocycles. The van der Waals surface area contributed by atoms with Crippen molar-refractivity contribution in [3.05, 3.63) is 69.9 Å². The fraction of sp³-hybridized carbons (Fsp3) is 0.167. The first-order valence-electron chi connectivity index (χ1n) is 8.04. The number of nitriles is 1. The first-order valence-corrected chi connectivity index (χ1v) is 8.79. The third-order valence-corrected chi connectivity index (χ3v) is 4.18. The van der Waals surface area contributed by atoms with Crippen molar-refractivity contribution in [2.24, 2.45) is 0 Å². The molecule has 0 aliphatic heterocycles. The minimum Gasteiger partial charge on any atom is -0.382 e. The van der Waals surface area contributed by atoms with Crippen LogP contribution in [0.25, 0.3) is 5.82 Å². The number of nitrogens with zero attached hydrogens (tertiary/aromatic N) is 5. The van der Waals surface area contributed by atoms with Gasteiger partial charge in [0.2, 0.25) is 0 Å². The van der Waals surface area contributed by atoms with E-state index in [0.717, 1.165) is 0 Å². The Hall–Kier alpha value is -2.99. The van der Waals surface area contributed by atoms with E-state index in [0.29, 0.717) is 32.8 Å². The molecule has 1 N–H and O–H groups in total. The molecular formula is C18H14Cl2N6O2. The number of hydrogen-bond donors (Lipinski definition) is 1. The Morgan fingerprint density at radius 2 is 2.04 bits per heavy atom. The van der Waals surface area contributed by atoms with E-state index in [1.807, 2.05) is 6.07 Å². The molecule has 0 radical (unpaired) electrons. The lowest BCUT2D eigenvalue weighted by molar-refractivity contribution is 0.0890. The van der Waals surface area contributed by atoms with Gasteiger partial charge in [0.25, 0.3) is 5.91 Å². The van der Waals surface area contributed by atoms with E-state index in [9.17, 15) is 4.79 Å². The van der Waals surface area contributed by atoms with Gasteiger partial charge >= 0.3 is 0 Å². The monoisotopic (exact) mass is 416 g/mol. The second kappa shape index (κ2) is 8.80. The van der Waals surface area contributed by atoms with Gasteiger partial charge in [-0.1, -0.05) is 23.2 Å². The molecule has 3 aromatic rings. The molecule has 0 fully saturated rings. The van der Waals surface area contributed by atoms with Crippen molar-refractivity contribution < 1.29 is 9.53 Å². The molecule has 0 aliphatic carbocycles.